The summed E-state index contributed by atoms with van der Waals surface area (Å²) in [6.07, 6.45) is 3.28. The van der Waals surface area contributed by atoms with Gasteiger partial charge in [-0.2, -0.15) is 4.98 Å². The second kappa shape index (κ2) is 4.77. The van der Waals surface area contributed by atoms with E-state index < -0.39 is 0 Å². The number of rotatable bonds is 2. The van der Waals surface area contributed by atoms with Crippen LogP contribution >= 0.6 is 15.9 Å². The van der Waals surface area contributed by atoms with E-state index in [0.29, 0.717) is 22.9 Å². The van der Waals surface area contributed by atoms with E-state index in [0.717, 1.165) is 4.47 Å². The lowest BCUT2D eigenvalue weighted by atomic mass is 10.3. The van der Waals surface area contributed by atoms with Crippen LogP contribution in [-0.2, 0) is 0 Å². The molecule has 0 spiro atoms. The summed E-state index contributed by atoms with van der Waals surface area (Å²) in [5, 5.41) is 3.89. The first-order valence-corrected chi connectivity index (χ1v) is 6.20. The molecular formula is C12H8BrN5O. The maximum Gasteiger partial charge on any atom is 0.279 e. The summed E-state index contributed by atoms with van der Waals surface area (Å²) in [5.41, 5.74) is 7.37. The van der Waals surface area contributed by atoms with Crippen LogP contribution in [0.5, 0.6) is 0 Å². The smallest absolute Gasteiger partial charge is 0.279 e. The zero-order valence-corrected chi connectivity index (χ0v) is 11.2. The molecule has 3 aromatic heterocycles. The van der Waals surface area contributed by atoms with Gasteiger partial charge in [0.25, 0.3) is 5.89 Å². The minimum atomic E-state index is 0.269. The van der Waals surface area contributed by atoms with Gasteiger partial charge in [-0.15, -0.1) is 0 Å². The van der Waals surface area contributed by atoms with Gasteiger partial charge in [-0.3, -0.25) is 4.98 Å². The molecule has 6 nitrogen and oxygen atoms in total. The highest BCUT2D eigenvalue weighted by Crippen LogP contribution is 2.27. The Balaban J connectivity index is 2.06. The van der Waals surface area contributed by atoms with Gasteiger partial charge in [-0.05, 0) is 40.2 Å². The Morgan fingerprint density at radius 1 is 1.05 bits per heavy atom. The van der Waals surface area contributed by atoms with Crippen LogP contribution in [0.4, 0.5) is 5.69 Å². The van der Waals surface area contributed by atoms with Gasteiger partial charge in [0.15, 0.2) is 5.69 Å². The predicted octanol–water partition coefficient (Wildman–Crippen LogP) is 2.54. The lowest BCUT2D eigenvalue weighted by Crippen LogP contribution is -1.92. The first-order chi connectivity index (χ1) is 9.25. The van der Waals surface area contributed by atoms with Crippen molar-refractivity contribution in [2.45, 2.75) is 0 Å². The molecule has 2 N–H and O–H groups in total. The quantitative estimate of drug-likeness (QED) is 0.781. The molecule has 3 aromatic rings. The Morgan fingerprint density at radius 3 is 2.53 bits per heavy atom. The van der Waals surface area contributed by atoms with Crippen LogP contribution in [-0.4, -0.2) is 20.1 Å². The van der Waals surface area contributed by atoms with E-state index in [1.165, 1.54) is 0 Å². The molecule has 0 radical (unpaired) electrons. The molecule has 0 unspecified atom stereocenters. The molecule has 0 aromatic carbocycles. The summed E-state index contributed by atoms with van der Waals surface area (Å²) in [7, 11) is 0. The molecule has 0 amide bonds. The largest absolute Gasteiger partial charge is 0.397 e. The molecule has 0 aliphatic rings. The third kappa shape index (κ3) is 2.19. The summed E-state index contributed by atoms with van der Waals surface area (Å²) in [6, 6.07) is 7.13. The fourth-order valence-electron chi connectivity index (χ4n) is 1.56. The van der Waals surface area contributed by atoms with E-state index >= 15 is 0 Å². The van der Waals surface area contributed by atoms with Gasteiger partial charge in [0.05, 0.1) is 5.69 Å². The monoisotopic (exact) mass is 317 g/mol. The number of hydrogen-bond donors (Lipinski definition) is 1. The Hall–Kier alpha value is -2.28. The molecule has 0 saturated heterocycles. The van der Waals surface area contributed by atoms with Gasteiger partial charge in [0, 0.05) is 16.9 Å². The van der Waals surface area contributed by atoms with Crippen LogP contribution in [0, 0.1) is 0 Å². The average Bonchev–Trinajstić information content (AvgIpc) is 2.89. The fourth-order valence-corrected chi connectivity index (χ4v) is 1.99. The van der Waals surface area contributed by atoms with Crippen molar-refractivity contribution < 1.29 is 4.52 Å². The first kappa shape index (κ1) is 11.8. The van der Waals surface area contributed by atoms with Crippen LogP contribution in [0.1, 0.15) is 0 Å². The maximum atomic E-state index is 5.82. The second-order valence-corrected chi connectivity index (χ2v) is 4.55. The van der Waals surface area contributed by atoms with Gasteiger partial charge in [0.1, 0.15) is 5.69 Å². The van der Waals surface area contributed by atoms with Crippen molar-refractivity contribution in [1.82, 2.24) is 20.1 Å². The highest BCUT2D eigenvalue weighted by Gasteiger charge is 2.16. The number of pyridine rings is 2. The van der Waals surface area contributed by atoms with E-state index in [1.54, 1.807) is 24.5 Å². The van der Waals surface area contributed by atoms with E-state index in [9.17, 15) is 0 Å². The van der Waals surface area contributed by atoms with Crippen LogP contribution in [0.3, 0.4) is 0 Å². The minimum Gasteiger partial charge on any atom is -0.397 e. The SMILES string of the molecule is Nc1cccnc1-c1nc(-c2ncccc2Br)no1. The van der Waals surface area contributed by atoms with Crippen LogP contribution < -0.4 is 5.73 Å². The molecular weight excluding hydrogens is 310 g/mol. The summed E-state index contributed by atoms with van der Waals surface area (Å²) >= 11 is 3.39. The lowest BCUT2D eigenvalue weighted by molar-refractivity contribution is 0.431. The standard InChI is InChI=1S/C12H8BrN5O/c13-7-3-1-5-15-9(7)11-17-12(19-18-11)10-8(14)4-2-6-16-10/h1-6H,14H2. The van der Waals surface area contributed by atoms with Crippen molar-refractivity contribution in [3.63, 3.8) is 0 Å². The van der Waals surface area contributed by atoms with Crippen molar-refractivity contribution in [1.29, 1.82) is 0 Å². The van der Waals surface area contributed by atoms with Crippen molar-refractivity contribution in [3.05, 3.63) is 41.1 Å². The first-order valence-electron chi connectivity index (χ1n) is 5.41. The van der Waals surface area contributed by atoms with Crippen LogP contribution in [0.15, 0.2) is 45.7 Å². The van der Waals surface area contributed by atoms with E-state index in [1.807, 2.05) is 12.1 Å². The second-order valence-electron chi connectivity index (χ2n) is 3.70. The Labute approximate surface area is 116 Å². The zero-order valence-electron chi connectivity index (χ0n) is 9.62. The molecule has 0 atom stereocenters. The molecule has 19 heavy (non-hydrogen) atoms. The van der Waals surface area contributed by atoms with Crippen molar-refractivity contribution in [2.24, 2.45) is 0 Å². The zero-order chi connectivity index (χ0) is 13.2. The molecule has 0 fully saturated rings. The van der Waals surface area contributed by atoms with Crippen LogP contribution in [0.2, 0.25) is 0 Å². The number of hydrogen-bond acceptors (Lipinski definition) is 6. The molecule has 0 bridgehead atoms. The number of anilines is 1. The third-order valence-electron chi connectivity index (χ3n) is 2.44. The predicted molar refractivity (Wildman–Crippen MR) is 72.9 cm³/mol. The average molecular weight is 318 g/mol. The van der Waals surface area contributed by atoms with Gasteiger partial charge in [0.2, 0.25) is 5.82 Å². The third-order valence-corrected chi connectivity index (χ3v) is 3.08. The number of nitrogens with two attached hydrogens (primary N) is 1. The van der Waals surface area contributed by atoms with E-state index in [4.69, 9.17) is 10.3 Å². The summed E-state index contributed by atoms with van der Waals surface area (Å²) in [4.78, 5) is 12.6. The Morgan fingerprint density at radius 2 is 1.79 bits per heavy atom. The molecule has 0 aliphatic carbocycles. The number of nitrogen functional groups attached to an aromatic ring is 1. The van der Waals surface area contributed by atoms with Crippen LogP contribution in [0.25, 0.3) is 23.1 Å². The van der Waals surface area contributed by atoms with Gasteiger partial charge in [-0.25, -0.2) is 4.98 Å². The molecule has 0 aliphatic heterocycles. The lowest BCUT2D eigenvalue weighted by Gasteiger charge is -1.97. The van der Waals surface area contributed by atoms with Gasteiger partial charge in [-0.1, -0.05) is 5.16 Å². The molecule has 3 rings (SSSR count). The van der Waals surface area contributed by atoms with E-state index in [2.05, 4.69) is 36.0 Å². The summed E-state index contributed by atoms with van der Waals surface area (Å²) in [6.45, 7) is 0. The number of aromatic nitrogens is 4. The normalized spacial score (nSPS) is 10.6. The Bertz CT molecular complexity index is 667. The summed E-state index contributed by atoms with van der Waals surface area (Å²) in [5.74, 6) is 0.651. The van der Waals surface area contributed by atoms with Gasteiger partial charge >= 0.3 is 0 Å². The Kier molecular flexibility index (Phi) is 2.96. The van der Waals surface area contributed by atoms with E-state index in [-0.39, 0.29) is 5.89 Å². The topological polar surface area (TPSA) is 90.7 Å². The number of nitrogens with zero attached hydrogens (tertiary/aromatic N) is 4. The molecule has 7 heteroatoms. The van der Waals surface area contributed by atoms with Gasteiger partial charge < -0.3 is 10.3 Å². The molecule has 3 heterocycles. The number of halogens is 1. The fraction of sp³-hybridized carbons (Fsp3) is 0. The highest BCUT2D eigenvalue weighted by atomic mass is 79.9. The van der Waals surface area contributed by atoms with Crippen molar-refractivity contribution in [2.75, 3.05) is 5.73 Å². The summed E-state index contributed by atoms with van der Waals surface area (Å²) < 4.78 is 5.96. The molecule has 0 saturated carbocycles. The maximum absolute atomic E-state index is 5.82. The van der Waals surface area contributed by atoms with Crippen molar-refractivity contribution in [3.8, 4) is 23.1 Å². The highest BCUT2D eigenvalue weighted by molar-refractivity contribution is 9.10. The minimum absolute atomic E-state index is 0.269. The molecule has 94 valence electrons. The van der Waals surface area contributed by atoms with Crippen molar-refractivity contribution >= 4 is 21.6 Å².